The van der Waals surface area contributed by atoms with Crippen LogP contribution in [0.15, 0.2) is 24.3 Å². The highest BCUT2D eigenvalue weighted by Crippen LogP contribution is 2.19. The number of rotatable bonds is 7. The van der Waals surface area contributed by atoms with Crippen molar-refractivity contribution in [2.75, 3.05) is 20.1 Å². The molecule has 0 aromatic heterocycles. The molecule has 1 N–H and O–H groups in total. The molecule has 0 saturated carbocycles. The summed E-state index contributed by atoms with van der Waals surface area (Å²) < 4.78 is 0. The number of hydrogen-bond donors (Lipinski definition) is 1. The first-order chi connectivity index (χ1) is 13.2. The number of nitrogens with zero attached hydrogens (tertiary/aromatic N) is 2. The molecule has 0 spiro atoms. The fourth-order valence-electron chi connectivity index (χ4n) is 3.97. The van der Waals surface area contributed by atoms with E-state index >= 15 is 0 Å². The summed E-state index contributed by atoms with van der Waals surface area (Å²) in [6, 6.07) is 7.81. The molecule has 5 nitrogen and oxygen atoms in total. The van der Waals surface area contributed by atoms with Gasteiger partial charge in [-0.25, -0.2) is 0 Å². The first-order valence-electron chi connectivity index (χ1n) is 10.6. The molecule has 0 radical (unpaired) electrons. The Hall–Kier alpha value is -1.88. The predicted molar refractivity (Wildman–Crippen MR) is 114 cm³/mol. The number of amides is 2. The van der Waals surface area contributed by atoms with Gasteiger partial charge in [0.2, 0.25) is 5.91 Å². The third kappa shape index (κ3) is 5.81. The van der Waals surface area contributed by atoms with Crippen LogP contribution in [0.1, 0.15) is 62.9 Å². The highest BCUT2D eigenvalue weighted by atomic mass is 16.2. The zero-order chi connectivity index (χ0) is 20.8. The van der Waals surface area contributed by atoms with Crippen LogP contribution in [0.3, 0.4) is 0 Å². The van der Waals surface area contributed by atoms with Crippen LogP contribution >= 0.6 is 0 Å². The highest BCUT2D eigenvalue weighted by Gasteiger charge is 2.31. The molecule has 2 rings (SSSR count). The molecule has 2 amide bonds. The summed E-state index contributed by atoms with van der Waals surface area (Å²) in [4.78, 5) is 30.4. The van der Waals surface area contributed by atoms with E-state index in [-0.39, 0.29) is 17.9 Å². The van der Waals surface area contributed by atoms with Crippen LogP contribution in [0.25, 0.3) is 0 Å². The number of piperidine rings is 1. The maximum Gasteiger partial charge on any atom is 0.252 e. The Morgan fingerprint density at radius 2 is 1.75 bits per heavy atom. The Labute approximate surface area is 170 Å². The standard InChI is InChI=1S/C23H37N3O2/c1-16(2)15-21(24-22(27)20-10-8-7-9-18(20)5)23(28)25(6)19-11-13-26(14-12-19)17(3)4/h7-10,16-17,19,21H,11-15H2,1-6H3,(H,24,27). The molecule has 5 heteroatoms. The molecular weight excluding hydrogens is 350 g/mol. The maximum atomic E-state index is 13.2. The van der Waals surface area contributed by atoms with Crippen molar-refractivity contribution in [3.8, 4) is 0 Å². The van der Waals surface area contributed by atoms with E-state index in [0.717, 1.165) is 31.5 Å². The molecule has 1 saturated heterocycles. The summed E-state index contributed by atoms with van der Waals surface area (Å²) in [5.74, 6) is 0.182. The van der Waals surface area contributed by atoms with Crippen LogP contribution in [0, 0.1) is 12.8 Å². The van der Waals surface area contributed by atoms with Gasteiger partial charge in [0.1, 0.15) is 6.04 Å². The van der Waals surface area contributed by atoms with Crippen molar-refractivity contribution in [3.63, 3.8) is 0 Å². The van der Waals surface area contributed by atoms with Crippen LogP contribution in [0.5, 0.6) is 0 Å². The topological polar surface area (TPSA) is 52.7 Å². The lowest BCUT2D eigenvalue weighted by Crippen LogP contribution is -2.53. The van der Waals surface area contributed by atoms with Gasteiger partial charge in [0, 0.05) is 37.8 Å². The number of nitrogens with one attached hydrogen (secondary N) is 1. The molecule has 1 heterocycles. The summed E-state index contributed by atoms with van der Waals surface area (Å²) >= 11 is 0. The minimum atomic E-state index is -0.486. The van der Waals surface area contributed by atoms with Gasteiger partial charge < -0.3 is 15.1 Å². The number of benzene rings is 1. The molecule has 1 aromatic carbocycles. The van der Waals surface area contributed by atoms with Crippen LogP contribution < -0.4 is 5.32 Å². The first-order valence-corrected chi connectivity index (χ1v) is 10.6. The number of carbonyl (C=O) groups is 2. The second-order valence-electron chi connectivity index (χ2n) is 8.78. The van der Waals surface area contributed by atoms with E-state index in [0.29, 0.717) is 23.9 Å². The van der Waals surface area contributed by atoms with Gasteiger partial charge in [-0.1, -0.05) is 32.0 Å². The SMILES string of the molecule is Cc1ccccc1C(=O)NC(CC(C)C)C(=O)N(C)C1CCN(C(C)C)CC1. The van der Waals surface area contributed by atoms with Crippen molar-refractivity contribution in [1.29, 1.82) is 0 Å². The average Bonchev–Trinajstić information content (AvgIpc) is 2.66. The predicted octanol–water partition coefficient (Wildman–Crippen LogP) is 3.47. The number of aryl methyl sites for hydroxylation is 1. The third-order valence-electron chi connectivity index (χ3n) is 5.82. The Bertz CT molecular complexity index is 664. The number of likely N-dealkylation sites (N-methyl/N-ethyl adjacent to an activating group) is 1. The van der Waals surface area contributed by atoms with Gasteiger partial charge in [0.15, 0.2) is 0 Å². The number of likely N-dealkylation sites (tertiary alicyclic amines) is 1. The first kappa shape index (κ1) is 22.4. The molecule has 1 unspecified atom stereocenters. The van der Waals surface area contributed by atoms with Crippen molar-refractivity contribution in [3.05, 3.63) is 35.4 Å². The molecule has 0 aliphatic carbocycles. The second-order valence-corrected chi connectivity index (χ2v) is 8.78. The van der Waals surface area contributed by atoms with Crippen molar-refractivity contribution in [2.24, 2.45) is 5.92 Å². The summed E-state index contributed by atoms with van der Waals surface area (Å²) in [6.45, 7) is 12.6. The van der Waals surface area contributed by atoms with Gasteiger partial charge in [-0.2, -0.15) is 0 Å². The largest absolute Gasteiger partial charge is 0.341 e. The minimum Gasteiger partial charge on any atom is -0.341 e. The van der Waals surface area contributed by atoms with Gasteiger partial charge in [-0.3, -0.25) is 9.59 Å². The normalized spacial score (nSPS) is 17.0. The molecule has 28 heavy (non-hydrogen) atoms. The fourth-order valence-corrected chi connectivity index (χ4v) is 3.97. The molecule has 0 bridgehead atoms. The maximum absolute atomic E-state index is 13.2. The smallest absolute Gasteiger partial charge is 0.252 e. The zero-order valence-corrected chi connectivity index (χ0v) is 18.4. The van der Waals surface area contributed by atoms with Crippen LogP contribution in [-0.2, 0) is 4.79 Å². The lowest BCUT2D eigenvalue weighted by Gasteiger charge is -2.39. The summed E-state index contributed by atoms with van der Waals surface area (Å²) in [6.07, 6.45) is 2.62. The highest BCUT2D eigenvalue weighted by molar-refractivity contribution is 5.98. The molecule has 1 aliphatic heterocycles. The van der Waals surface area contributed by atoms with E-state index in [2.05, 4.69) is 37.9 Å². The monoisotopic (exact) mass is 387 g/mol. The Morgan fingerprint density at radius 1 is 1.14 bits per heavy atom. The Morgan fingerprint density at radius 3 is 2.29 bits per heavy atom. The quantitative estimate of drug-likeness (QED) is 0.779. The zero-order valence-electron chi connectivity index (χ0n) is 18.4. The van der Waals surface area contributed by atoms with Crippen LogP contribution in [0.4, 0.5) is 0 Å². The van der Waals surface area contributed by atoms with Crippen molar-refractivity contribution >= 4 is 11.8 Å². The van der Waals surface area contributed by atoms with Gasteiger partial charge in [-0.05, 0) is 57.6 Å². The molecule has 1 aliphatic rings. The van der Waals surface area contributed by atoms with E-state index in [4.69, 9.17) is 0 Å². The van der Waals surface area contributed by atoms with E-state index in [1.165, 1.54) is 0 Å². The van der Waals surface area contributed by atoms with E-state index in [1.807, 2.05) is 43.1 Å². The molecule has 1 atom stereocenters. The lowest BCUT2D eigenvalue weighted by molar-refractivity contribution is -0.135. The summed E-state index contributed by atoms with van der Waals surface area (Å²) in [5.41, 5.74) is 1.56. The minimum absolute atomic E-state index is 0.0265. The summed E-state index contributed by atoms with van der Waals surface area (Å²) in [5, 5.41) is 3.01. The number of hydrogen-bond acceptors (Lipinski definition) is 3. The average molecular weight is 388 g/mol. The Balaban J connectivity index is 2.06. The Kier molecular flexibility index (Phi) is 8.05. The summed E-state index contributed by atoms with van der Waals surface area (Å²) in [7, 11) is 1.89. The molecular formula is C23H37N3O2. The van der Waals surface area contributed by atoms with Gasteiger partial charge in [0.05, 0.1) is 0 Å². The number of carbonyl (C=O) groups excluding carboxylic acids is 2. The molecule has 1 aromatic rings. The van der Waals surface area contributed by atoms with E-state index in [9.17, 15) is 9.59 Å². The van der Waals surface area contributed by atoms with Crippen molar-refractivity contribution in [1.82, 2.24) is 15.1 Å². The van der Waals surface area contributed by atoms with Gasteiger partial charge in [0.25, 0.3) is 5.91 Å². The second kappa shape index (κ2) is 10.1. The fraction of sp³-hybridized carbons (Fsp3) is 0.652. The third-order valence-corrected chi connectivity index (χ3v) is 5.82. The van der Waals surface area contributed by atoms with Crippen molar-refractivity contribution in [2.45, 2.75) is 72.0 Å². The molecule has 1 fully saturated rings. The van der Waals surface area contributed by atoms with E-state index < -0.39 is 6.04 Å². The van der Waals surface area contributed by atoms with Gasteiger partial charge >= 0.3 is 0 Å². The van der Waals surface area contributed by atoms with E-state index in [1.54, 1.807) is 0 Å². The molecule has 156 valence electrons. The van der Waals surface area contributed by atoms with Crippen LogP contribution in [0.2, 0.25) is 0 Å². The van der Waals surface area contributed by atoms with Crippen molar-refractivity contribution < 1.29 is 9.59 Å². The lowest BCUT2D eigenvalue weighted by atomic mass is 9.98. The van der Waals surface area contributed by atoms with Crippen LogP contribution in [-0.4, -0.2) is 59.9 Å². The van der Waals surface area contributed by atoms with Gasteiger partial charge in [-0.15, -0.1) is 0 Å².